The SMILES string of the molecule is CC[C@H](C)c1ccc(NC(=O)COC(=O)CCC(=O)c2cccs2)cc1. The van der Waals surface area contributed by atoms with Crippen molar-refractivity contribution in [3.05, 3.63) is 52.2 Å². The lowest BCUT2D eigenvalue weighted by Gasteiger charge is -2.10. The van der Waals surface area contributed by atoms with E-state index in [2.05, 4.69) is 19.2 Å². The van der Waals surface area contributed by atoms with E-state index in [0.717, 1.165) is 6.42 Å². The van der Waals surface area contributed by atoms with E-state index in [1.807, 2.05) is 29.6 Å². The Labute approximate surface area is 157 Å². The summed E-state index contributed by atoms with van der Waals surface area (Å²) in [4.78, 5) is 36.0. The standard InChI is InChI=1S/C20H23NO4S/c1-3-14(2)15-6-8-16(9-7-15)21-19(23)13-25-20(24)11-10-17(22)18-5-4-12-26-18/h4-9,12,14H,3,10-11,13H2,1-2H3,(H,21,23)/t14-/m0/s1. The lowest BCUT2D eigenvalue weighted by Crippen LogP contribution is -2.21. The molecule has 138 valence electrons. The zero-order valence-corrected chi connectivity index (χ0v) is 15.8. The fourth-order valence-electron chi connectivity index (χ4n) is 2.32. The van der Waals surface area contributed by atoms with Crippen LogP contribution in [0.15, 0.2) is 41.8 Å². The number of thiophene rings is 1. The predicted molar refractivity (Wildman–Crippen MR) is 103 cm³/mol. The number of ketones is 1. The molecule has 0 saturated carbocycles. The summed E-state index contributed by atoms with van der Waals surface area (Å²) in [6.45, 7) is 3.91. The molecule has 0 bridgehead atoms. The number of benzene rings is 1. The molecule has 0 unspecified atom stereocenters. The van der Waals surface area contributed by atoms with E-state index in [1.165, 1.54) is 16.9 Å². The Morgan fingerprint density at radius 2 is 1.85 bits per heavy atom. The topological polar surface area (TPSA) is 72.5 Å². The molecule has 0 fully saturated rings. The molecule has 0 aliphatic heterocycles. The Morgan fingerprint density at radius 1 is 1.12 bits per heavy atom. The minimum absolute atomic E-state index is 0.0341. The van der Waals surface area contributed by atoms with Crippen molar-refractivity contribution in [1.82, 2.24) is 0 Å². The molecule has 5 nitrogen and oxygen atoms in total. The van der Waals surface area contributed by atoms with Crippen LogP contribution in [0.2, 0.25) is 0 Å². The maximum Gasteiger partial charge on any atom is 0.306 e. The molecule has 26 heavy (non-hydrogen) atoms. The minimum atomic E-state index is -0.558. The monoisotopic (exact) mass is 373 g/mol. The number of anilines is 1. The molecule has 1 atom stereocenters. The lowest BCUT2D eigenvalue weighted by atomic mass is 9.99. The van der Waals surface area contributed by atoms with Crippen molar-refractivity contribution in [2.24, 2.45) is 0 Å². The Hall–Kier alpha value is -2.47. The second-order valence-electron chi connectivity index (χ2n) is 6.04. The van der Waals surface area contributed by atoms with Gasteiger partial charge in [0.05, 0.1) is 11.3 Å². The van der Waals surface area contributed by atoms with Crippen molar-refractivity contribution in [2.45, 2.75) is 39.0 Å². The molecule has 0 aliphatic carbocycles. The van der Waals surface area contributed by atoms with Crippen molar-refractivity contribution in [1.29, 1.82) is 0 Å². The van der Waals surface area contributed by atoms with Crippen LogP contribution in [0.5, 0.6) is 0 Å². The fraction of sp³-hybridized carbons (Fsp3) is 0.350. The number of amides is 1. The Kier molecular flexibility index (Phi) is 7.53. The van der Waals surface area contributed by atoms with Gasteiger partial charge in [0.25, 0.3) is 5.91 Å². The molecule has 2 aromatic rings. The molecular weight excluding hydrogens is 350 g/mol. The Bertz CT molecular complexity index is 738. The third-order valence-electron chi connectivity index (χ3n) is 4.09. The maximum atomic E-state index is 11.9. The number of carbonyl (C=O) groups is 3. The van der Waals surface area contributed by atoms with Crippen molar-refractivity contribution in [3.8, 4) is 0 Å². The molecule has 0 spiro atoms. The third kappa shape index (κ3) is 6.11. The number of nitrogens with one attached hydrogen (secondary N) is 1. The first-order valence-electron chi connectivity index (χ1n) is 8.61. The number of rotatable bonds is 9. The van der Waals surface area contributed by atoms with Crippen LogP contribution in [0.4, 0.5) is 5.69 Å². The van der Waals surface area contributed by atoms with E-state index in [-0.39, 0.29) is 25.2 Å². The van der Waals surface area contributed by atoms with E-state index in [4.69, 9.17) is 4.74 Å². The van der Waals surface area contributed by atoms with Crippen LogP contribution in [0.3, 0.4) is 0 Å². The van der Waals surface area contributed by atoms with Gasteiger partial charge in [0.15, 0.2) is 12.4 Å². The largest absolute Gasteiger partial charge is 0.456 e. The molecule has 1 heterocycles. The first-order valence-corrected chi connectivity index (χ1v) is 9.49. The van der Waals surface area contributed by atoms with Crippen LogP contribution in [-0.4, -0.2) is 24.3 Å². The second-order valence-corrected chi connectivity index (χ2v) is 6.99. The van der Waals surface area contributed by atoms with Crippen LogP contribution in [0.25, 0.3) is 0 Å². The summed E-state index contributed by atoms with van der Waals surface area (Å²) in [5, 5.41) is 4.50. The number of Topliss-reactive ketones (excluding diaryl/α,β-unsaturated/α-hetero) is 1. The number of hydrogen-bond acceptors (Lipinski definition) is 5. The lowest BCUT2D eigenvalue weighted by molar-refractivity contribution is -0.147. The molecule has 0 radical (unpaired) electrons. The van der Waals surface area contributed by atoms with E-state index in [9.17, 15) is 14.4 Å². The normalized spacial score (nSPS) is 11.6. The molecule has 6 heteroatoms. The average molecular weight is 373 g/mol. The summed E-state index contributed by atoms with van der Waals surface area (Å²) in [5.74, 6) is -0.586. The van der Waals surface area contributed by atoms with Crippen LogP contribution in [0.1, 0.15) is 54.3 Å². The average Bonchev–Trinajstić information content (AvgIpc) is 3.19. The van der Waals surface area contributed by atoms with Crippen molar-refractivity contribution < 1.29 is 19.1 Å². The summed E-state index contributed by atoms with van der Waals surface area (Å²) >= 11 is 1.34. The molecule has 1 N–H and O–H groups in total. The highest BCUT2D eigenvalue weighted by molar-refractivity contribution is 7.12. The van der Waals surface area contributed by atoms with Gasteiger partial charge < -0.3 is 10.1 Å². The number of carbonyl (C=O) groups excluding carboxylic acids is 3. The highest BCUT2D eigenvalue weighted by Crippen LogP contribution is 2.20. The van der Waals surface area contributed by atoms with Gasteiger partial charge in [-0.2, -0.15) is 0 Å². The van der Waals surface area contributed by atoms with Crippen molar-refractivity contribution in [2.75, 3.05) is 11.9 Å². The molecular formula is C20H23NO4S. The van der Waals surface area contributed by atoms with Gasteiger partial charge in [-0.05, 0) is 41.5 Å². The molecule has 2 rings (SSSR count). The second kappa shape index (κ2) is 9.87. The first kappa shape index (κ1) is 19.8. The predicted octanol–water partition coefficient (Wildman–Crippen LogP) is 4.41. The number of hydrogen-bond donors (Lipinski definition) is 1. The van der Waals surface area contributed by atoms with Crippen LogP contribution < -0.4 is 5.32 Å². The van der Waals surface area contributed by atoms with Gasteiger partial charge in [-0.1, -0.05) is 32.0 Å². The zero-order valence-electron chi connectivity index (χ0n) is 15.0. The summed E-state index contributed by atoms with van der Waals surface area (Å²) in [5.41, 5.74) is 1.87. The highest BCUT2D eigenvalue weighted by Gasteiger charge is 2.12. The van der Waals surface area contributed by atoms with Crippen molar-refractivity contribution in [3.63, 3.8) is 0 Å². The molecule has 1 aromatic heterocycles. The Balaban J connectivity index is 1.71. The van der Waals surface area contributed by atoms with E-state index < -0.39 is 11.9 Å². The van der Waals surface area contributed by atoms with Gasteiger partial charge in [0, 0.05) is 12.1 Å². The van der Waals surface area contributed by atoms with Crippen LogP contribution in [0, 0.1) is 0 Å². The van der Waals surface area contributed by atoms with Crippen molar-refractivity contribution >= 4 is 34.7 Å². The summed E-state index contributed by atoms with van der Waals surface area (Å²) in [7, 11) is 0. The van der Waals surface area contributed by atoms with E-state index >= 15 is 0 Å². The van der Waals surface area contributed by atoms with Gasteiger partial charge in [0.1, 0.15) is 0 Å². The number of ether oxygens (including phenoxy) is 1. The summed E-state index contributed by atoms with van der Waals surface area (Å²) in [6.07, 6.45) is 1.10. The van der Waals surface area contributed by atoms with Crippen LogP contribution >= 0.6 is 11.3 Å². The van der Waals surface area contributed by atoms with Gasteiger partial charge in [-0.15, -0.1) is 11.3 Å². The van der Waals surface area contributed by atoms with Gasteiger partial charge in [-0.25, -0.2) is 0 Å². The molecule has 0 saturated heterocycles. The first-order chi connectivity index (χ1) is 12.5. The van der Waals surface area contributed by atoms with Crippen LogP contribution in [-0.2, 0) is 14.3 Å². The van der Waals surface area contributed by atoms with Gasteiger partial charge in [0.2, 0.25) is 0 Å². The smallest absolute Gasteiger partial charge is 0.306 e. The van der Waals surface area contributed by atoms with Gasteiger partial charge in [-0.3, -0.25) is 14.4 Å². The van der Waals surface area contributed by atoms with E-state index in [0.29, 0.717) is 16.5 Å². The molecule has 1 aromatic carbocycles. The zero-order chi connectivity index (χ0) is 18.9. The summed E-state index contributed by atoms with van der Waals surface area (Å²) in [6, 6.07) is 11.1. The Morgan fingerprint density at radius 3 is 2.46 bits per heavy atom. The van der Waals surface area contributed by atoms with Gasteiger partial charge >= 0.3 is 5.97 Å². The third-order valence-corrected chi connectivity index (χ3v) is 5.00. The molecule has 1 amide bonds. The van der Waals surface area contributed by atoms with E-state index in [1.54, 1.807) is 12.1 Å². The summed E-state index contributed by atoms with van der Waals surface area (Å²) < 4.78 is 4.92. The maximum absolute atomic E-state index is 11.9. The fourth-order valence-corrected chi connectivity index (χ4v) is 3.02. The highest BCUT2D eigenvalue weighted by atomic mass is 32.1. The molecule has 0 aliphatic rings. The number of esters is 1. The quantitative estimate of drug-likeness (QED) is 0.522. The minimum Gasteiger partial charge on any atom is -0.456 e.